The summed E-state index contributed by atoms with van der Waals surface area (Å²) >= 11 is 0. The third-order valence-electron chi connectivity index (χ3n) is 2.90. The number of hydrogen-bond donors (Lipinski definition) is 1. The summed E-state index contributed by atoms with van der Waals surface area (Å²) in [5, 5.41) is 31.2. The van der Waals surface area contributed by atoms with E-state index in [1.165, 1.54) is 24.3 Å². The van der Waals surface area contributed by atoms with Gasteiger partial charge < -0.3 is 5.11 Å². The van der Waals surface area contributed by atoms with Crippen molar-refractivity contribution in [2.45, 2.75) is 6.92 Å². The SMILES string of the molecule is Cc1cc(-c2ccc([N+](=O)[O-])cc2[N+](=O)[O-])ccc1O. The number of nitro benzene ring substituents is 2. The van der Waals surface area contributed by atoms with Crippen LogP contribution in [0.25, 0.3) is 11.1 Å². The molecule has 0 spiro atoms. The zero-order valence-electron chi connectivity index (χ0n) is 10.4. The van der Waals surface area contributed by atoms with E-state index in [4.69, 9.17) is 0 Å². The first kappa shape index (κ1) is 13.5. The summed E-state index contributed by atoms with van der Waals surface area (Å²) in [7, 11) is 0. The van der Waals surface area contributed by atoms with Crippen molar-refractivity contribution in [1.82, 2.24) is 0 Å². The predicted molar refractivity (Wildman–Crippen MR) is 71.6 cm³/mol. The number of rotatable bonds is 3. The minimum Gasteiger partial charge on any atom is -0.508 e. The number of non-ortho nitro benzene ring substituents is 1. The van der Waals surface area contributed by atoms with Crippen LogP contribution in [0.2, 0.25) is 0 Å². The highest BCUT2D eigenvalue weighted by Gasteiger charge is 2.20. The molecule has 7 heteroatoms. The molecule has 0 atom stereocenters. The van der Waals surface area contributed by atoms with Gasteiger partial charge in [0.25, 0.3) is 11.4 Å². The van der Waals surface area contributed by atoms with Crippen LogP contribution in [0.15, 0.2) is 36.4 Å². The Balaban J connectivity index is 2.63. The molecular weight excluding hydrogens is 264 g/mol. The van der Waals surface area contributed by atoms with Crippen LogP contribution in [0.1, 0.15) is 5.56 Å². The highest BCUT2D eigenvalue weighted by Crippen LogP contribution is 2.34. The Kier molecular flexibility index (Phi) is 3.34. The molecule has 0 aromatic heterocycles. The minimum atomic E-state index is -0.682. The fourth-order valence-electron chi connectivity index (χ4n) is 1.85. The molecule has 0 unspecified atom stereocenters. The largest absolute Gasteiger partial charge is 0.508 e. The first-order valence-corrected chi connectivity index (χ1v) is 5.63. The lowest BCUT2D eigenvalue weighted by Crippen LogP contribution is -1.95. The summed E-state index contributed by atoms with van der Waals surface area (Å²) in [5.74, 6) is 0.0818. The highest BCUT2D eigenvalue weighted by atomic mass is 16.6. The van der Waals surface area contributed by atoms with E-state index >= 15 is 0 Å². The number of nitrogens with zero attached hydrogens (tertiary/aromatic N) is 2. The van der Waals surface area contributed by atoms with Crippen molar-refractivity contribution < 1.29 is 15.0 Å². The van der Waals surface area contributed by atoms with E-state index in [0.29, 0.717) is 11.1 Å². The summed E-state index contributed by atoms with van der Waals surface area (Å²) in [5.41, 5.74) is 0.668. The van der Waals surface area contributed by atoms with Crippen LogP contribution in [0.5, 0.6) is 5.75 Å². The Hall–Kier alpha value is -2.96. The Labute approximate surface area is 113 Å². The molecule has 0 aliphatic rings. The van der Waals surface area contributed by atoms with Gasteiger partial charge in [-0.05, 0) is 36.2 Å². The summed E-state index contributed by atoms with van der Waals surface area (Å²) in [4.78, 5) is 20.4. The molecule has 0 aliphatic heterocycles. The summed E-state index contributed by atoms with van der Waals surface area (Å²) < 4.78 is 0. The molecule has 0 amide bonds. The first-order valence-electron chi connectivity index (χ1n) is 5.63. The van der Waals surface area contributed by atoms with Gasteiger partial charge in [-0.15, -0.1) is 0 Å². The van der Waals surface area contributed by atoms with E-state index in [9.17, 15) is 25.3 Å². The number of hydrogen-bond acceptors (Lipinski definition) is 5. The van der Waals surface area contributed by atoms with Crippen molar-refractivity contribution in [2.75, 3.05) is 0 Å². The maximum absolute atomic E-state index is 11.1. The molecule has 0 fully saturated rings. The Morgan fingerprint density at radius 2 is 1.70 bits per heavy atom. The number of nitro groups is 2. The fraction of sp³-hybridized carbons (Fsp3) is 0.0769. The van der Waals surface area contributed by atoms with Gasteiger partial charge in [0.15, 0.2) is 0 Å². The van der Waals surface area contributed by atoms with Crippen molar-refractivity contribution >= 4 is 11.4 Å². The second kappa shape index (κ2) is 4.96. The van der Waals surface area contributed by atoms with Crippen LogP contribution in [-0.2, 0) is 0 Å². The second-order valence-corrected chi connectivity index (χ2v) is 4.22. The van der Waals surface area contributed by atoms with Crippen molar-refractivity contribution in [3.05, 3.63) is 62.2 Å². The fourth-order valence-corrected chi connectivity index (χ4v) is 1.85. The average Bonchev–Trinajstić information content (AvgIpc) is 2.41. The highest BCUT2D eigenvalue weighted by molar-refractivity contribution is 5.76. The number of aromatic hydroxyl groups is 1. The lowest BCUT2D eigenvalue weighted by molar-refractivity contribution is -0.393. The quantitative estimate of drug-likeness (QED) is 0.683. The molecule has 0 radical (unpaired) electrons. The van der Waals surface area contributed by atoms with Crippen LogP contribution in [0.4, 0.5) is 11.4 Å². The second-order valence-electron chi connectivity index (χ2n) is 4.22. The molecule has 2 rings (SSSR count). The normalized spacial score (nSPS) is 10.2. The molecule has 102 valence electrons. The predicted octanol–water partition coefficient (Wildman–Crippen LogP) is 3.18. The molecular formula is C13H10N2O5. The summed E-state index contributed by atoms with van der Waals surface area (Å²) in [6, 6.07) is 8.01. The van der Waals surface area contributed by atoms with Gasteiger partial charge in [-0.3, -0.25) is 20.2 Å². The van der Waals surface area contributed by atoms with Crippen molar-refractivity contribution in [3.8, 4) is 16.9 Å². The van der Waals surface area contributed by atoms with Crippen molar-refractivity contribution in [2.24, 2.45) is 0 Å². The topological polar surface area (TPSA) is 107 Å². The molecule has 0 aliphatic carbocycles. The Bertz CT molecular complexity index is 712. The smallest absolute Gasteiger partial charge is 0.284 e. The standard InChI is InChI=1S/C13H10N2O5/c1-8-6-9(2-5-13(8)16)11-4-3-10(14(17)18)7-12(11)15(19)20/h2-7,16H,1H3. The van der Waals surface area contributed by atoms with Crippen LogP contribution in [0, 0.1) is 27.2 Å². The zero-order chi connectivity index (χ0) is 14.9. The van der Waals surface area contributed by atoms with E-state index < -0.39 is 9.85 Å². The molecule has 0 saturated carbocycles. The maximum Gasteiger partial charge on any atom is 0.284 e. The maximum atomic E-state index is 11.1. The number of benzene rings is 2. The Morgan fingerprint density at radius 3 is 2.25 bits per heavy atom. The van der Waals surface area contributed by atoms with Gasteiger partial charge in [-0.25, -0.2) is 0 Å². The molecule has 0 bridgehead atoms. The first-order chi connectivity index (χ1) is 9.40. The monoisotopic (exact) mass is 274 g/mol. The van der Waals surface area contributed by atoms with Crippen LogP contribution >= 0.6 is 0 Å². The van der Waals surface area contributed by atoms with Gasteiger partial charge in [0.2, 0.25) is 0 Å². The summed E-state index contributed by atoms with van der Waals surface area (Å²) in [6.07, 6.45) is 0. The molecule has 7 nitrogen and oxygen atoms in total. The lowest BCUT2D eigenvalue weighted by Gasteiger charge is -2.05. The number of aryl methyl sites for hydroxylation is 1. The number of phenols is 1. The summed E-state index contributed by atoms with van der Waals surface area (Å²) in [6.45, 7) is 1.66. The van der Waals surface area contributed by atoms with Crippen LogP contribution in [0.3, 0.4) is 0 Å². The molecule has 2 aromatic rings. The van der Waals surface area contributed by atoms with Gasteiger partial charge in [0.05, 0.1) is 21.5 Å². The van der Waals surface area contributed by atoms with E-state index in [0.717, 1.165) is 6.07 Å². The van der Waals surface area contributed by atoms with E-state index in [-0.39, 0.29) is 22.7 Å². The Morgan fingerprint density at radius 1 is 1.00 bits per heavy atom. The van der Waals surface area contributed by atoms with Gasteiger partial charge in [0.1, 0.15) is 5.75 Å². The lowest BCUT2D eigenvalue weighted by atomic mass is 10.0. The molecule has 1 N–H and O–H groups in total. The van der Waals surface area contributed by atoms with Gasteiger partial charge in [-0.2, -0.15) is 0 Å². The van der Waals surface area contributed by atoms with Crippen LogP contribution < -0.4 is 0 Å². The minimum absolute atomic E-state index is 0.0818. The number of phenolic OH excluding ortho intramolecular Hbond substituents is 1. The van der Waals surface area contributed by atoms with Crippen molar-refractivity contribution in [1.29, 1.82) is 0 Å². The molecule has 0 saturated heterocycles. The average molecular weight is 274 g/mol. The molecule has 0 heterocycles. The van der Waals surface area contributed by atoms with Gasteiger partial charge >= 0.3 is 0 Å². The molecule has 20 heavy (non-hydrogen) atoms. The van der Waals surface area contributed by atoms with E-state index in [1.807, 2.05) is 0 Å². The van der Waals surface area contributed by atoms with E-state index in [1.54, 1.807) is 13.0 Å². The van der Waals surface area contributed by atoms with Crippen molar-refractivity contribution in [3.63, 3.8) is 0 Å². The molecule has 2 aromatic carbocycles. The van der Waals surface area contributed by atoms with Gasteiger partial charge in [0, 0.05) is 6.07 Å². The third kappa shape index (κ3) is 2.41. The van der Waals surface area contributed by atoms with Gasteiger partial charge in [-0.1, -0.05) is 6.07 Å². The third-order valence-corrected chi connectivity index (χ3v) is 2.90. The van der Waals surface area contributed by atoms with E-state index in [2.05, 4.69) is 0 Å². The van der Waals surface area contributed by atoms with Crippen LogP contribution in [-0.4, -0.2) is 15.0 Å². The zero-order valence-corrected chi connectivity index (χ0v) is 10.4.